The number of piperidine rings is 1. The Balaban J connectivity index is 2.09. The van der Waals surface area contributed by atoms with Gasteiger partial charge in [-0.1, -0.05) is 12.1 Å². The third-order valence-electron chi connectivity index (χ3n) is 4.02. The Morgan fingerprint density at radius 3 is 2.42 bits per heavy atom. The summed E-state index contributed by atoms with van der Waals surface area (Å²) in [5.41, 5.74) is 8.22. The van der Waals surface area contributed by atoms with Gasteiger partial charge in [0.15, 0.2) is 0 Å². The van der Waals surface area contributed by atoms with Gasteiger partial charge >= 0.3 is 0 Å². The largest absolute Gasteiger partial charge is 0.369 e. The van der Waals surface area contributed by atoms with Gasteiger partial charge in [0, 0.05) is 24.6 Å². The maximum absolute atomic E-state index is 12.5. The molecule has 0 aliphatic carbocycles. The predicted molar refractivity (Wildman–Crippen MR) is 73.7 cm³/mol. The van der Waals surface area contributed by atoms with Gasteiger partial charge in [-0.25, -0.2) is 0 Å². The number of rotatable bonds is 2. The lowest BCUT2D eigenvalue weighted by Crippen LogP contribution is -2.41. The first-order chi connectivity index (χ1) is 9.00. The average Bonchev–Trinajstić information content (AvgIpc) is 2.41. The van der Waals surface area contributed by atoms with Crippen LogP contribution >= 0.6 is 0 Å². The molecule has 1 aliphatic rings. The van der Waals surface area contributed by atoms with Gasteiger partial charge in [0.2, 0.25) is 5.91 Å². The monoisotopic (exact) mass is 260 g/mol. The minimum Gasteiger partial charge on any atom is -0.369 e. The molecule has 2 rings (SSSR count). The summed E-state index contributed by atoms with van der Waals surface area (Å²) in [7, 11) is 0. The molecule has 0 saturated carbocycles. The topological polar surface area (TPSA) is 63.4 Å². The van der Waals surface area contributed by atoms with Crippen molar-refractivity contribution in [3.05, 3.63) is 34.9 Å². The lowest BCUT2D eigenvalue weighted by molar-refractivity contribution is -0.123. The molecule has 0 atom stereocenters. The van der Waals surface area contributed by atoms with Gasteiger partial charge in [-0.15, -0.1) is 0 Å². The molecule has 1 aromatic carbocycles. The van der Waals surface area contributed by atoms with Crippen LogP contribution in [-0.4, -0.2) is 29.8 Å². The molecular formula is C15H20N2O2. The van der Waals surface area contributed by atoms with E-state index in [2.05, 4.69) is 0 Å². The van der Waals surface area contributed by atoms with Crippen molar-refractivity contribution in [2.75, 3.05) is 13.1 Å². The Hall–Kier alpha value is -1.84. The number of benzene rings is 1. The second kappa shape index (κ2) is 5.43. The standard InChI is InChI=1S/C15H20N2O2/c1-10-4-3-5-13(11(10)2)15(19)17-8-6-12(7-9-17)14(16)18/h3-5,12H,6-9H2,1-2H3,(H2,16,18). The molecular weight excluding hydrogens is 240 g/mol. The SMILES string of the molecule is Cc1cccc(C(=O)N2CCC(C(N)=O)CC2)c1C. The van der Waals surface area contributed by atoms with Crippen LogP contribution in [0.4, 0.5) is 0 Å². The quantitative estimate of drug-likeness (QED) is 0.878. The number of hydrogen-bond donors (Lipinski definition) is 1. The summed E-state index contributed by atoms with van der Waals surface area (Å²) >= 11 is 0. The van der Waals surface area contributed by atoms with Crippen LogP contribution in [-0.2, 0) is 4.79 Å². The van der Waals surface area contributed by atoms with Crippen LogP contribution in [0, 0.1) is 19.8 Å². The number of aryl methyl sites for hydroxylation is 1. The van der Waals surface area contributed by atoms with Gasteiger partial charge in [0.25, 0.3) is 5.91 Å². The number of carbonyl (C=O) groups is 2. The van der Waals surface area contributed by atoms with E-state index in [0.29, 0.717) is 25.9 Å². The highest BCUT2D eigenvalue weighted by Crippen LogP contribution is 2.21. The van der Waals surface area contributed by atoms with Crippen molar-refractivity contribution in [3.63, 3.8) is 0 Å². The maximum Gasteiger partial charge on any atom is 0.254 e. The van der Waals surface area contributed by atoms with Gasteiger partial charge < -0.3 is 10.6 Å². The van der Waals surface area contributed by atoms with Crippen molar-refractivity contribution in [1.82, 2.24) is 4.90 Å². The fourth-order valence-electron chi connectivity index (χ4n) is 2.52. The Kier molecular flexibility index (Phi) is 3.88. The third kappa shape index (κ3) is 2.78. The van der Waals surface area contributed by atoms with Gasteiger partial charge in [-0.05, 0) is 43.9 Å². The number of hydrogen-bond acceptors (Lipinski definition) is 2. The molecule has 1 aliphatic heterocycles. The summed E-state index contributed by atoms with van der Waals surface area (Å²) in [5.74, 6) is -0.273. The number of primary amides is 1. The minimum atomic E-state index is -0.251. The molecule has 0 radical (unpaired) electrons. The van der Waals surface area contributed by atoms with Crippen LogP contribution in [0.5, 0.6) is 0 Å². The highest BCUT2D eigenvalue weighted by Gasteiger charge is 2.27. The number of nitrogens with zero attached hydrogens (tertiary/aromatic N) is 1. The second-order valence-corrected chi connectivity index (χ2v) is 5.22. The smallest absolute Gasteiger partial charge is 0.254 e. The first-order valence-electron chi connectivity index (χ1n) is 6.65. The lowest BCUT2D eigenvalue weighted by Gasteiger charge is -2.31. The second-order valence-electron chi connectivity index (χ2n) is 5.22. The van der Waals surface area contributed by atoms with E-state index in [4.69, 9.17) is 5.73 Å². The molecule has 0 spiro atoms. The van der Waals surface area contributed by atoms with E-state index in [0.717, 1.165) is 16.7 Å². The van der Waals surface area contributed by atoms with Crippen molar-refractivity contribution < 1.29 is 9.59 Å². The molecule has 1 fully saturated rings. The van der Waals surface area contributed by atoms with E-state index in [1.54, 1.807) is 0 Å². The molecule has 1 heterocycles. The fraction of sp³-hybridized carbons (Fsp3) is 0.467. The Bertz CT molecular complexity index is 503. The fourth-order valence-corrected chi connectivity index (χ4v) is 2.52. The first kappa shape index (κ1) is 13.6. The molecule has 1 aromatic rings. The van der Waals surface area contributed by atoms with Gasteiger partial charge in [0.05, 0.1) is 0 Å². The molecule has 1 saturated heterocycles. The van der Waals surface area contributed by atoms with Gasteiger partial charge in [0.1, 0.15) is 0 Å². The van der Waals surface area contributed by atoms with Crippen LogP contribution in [0.1, 0.15) is 34.3 Å². The summed E-state index contributed by atoms with van der Waals surface area (Å²) in [6.45, 7) is 5.20. The molecule has 0 unspecified atom stereocenters. The van der Waals surface area contributed by atoms with Crippen LogP contribution in [0.15, 0.2) is 18.2 Å². The van der Waals surface area contributed by atoms with Crippen LogP contribution in [0.3, 0.4) is 0 Å². The molecule has 2 N–H and O–H groups in total. The van der Waals surface area contributed by atoms with Gasteiger partial charge in [-0.2, -0.15) is 0 Å². The van der Waals surface area contributed by atoms with E-state index in [1.807, 2.05) is 36.9 Å². The highest BCUT2D eigenvalue weighted by atomic mass is 16.2. The molecule has 0 bridgehead atoms. The summed E-state index contributed by atoms with van der Waals surface area (Å²) < 4.78 is 0. The predicted octanol–water partition coefficient (Wildman–Crippen LogP) is 1.64. The van der Waals surface area contributed by atoms with Crippen molar-refractivity contribution in [2.45, 2.75) is 26.7 Å². The number of carbonyl (C=O) groups excluding carboxylic acids is 2. The number of amides is 2. The van der Waals surface area contributed by atoms with Crippen molar-refractivity contribution >= 4 is 11.8 Å². The molecule has 19 heavy (non-hydrogen) atoms. The summed E-state index contributed by atoms with van der Waals surface area (Å²) in [5, 5.41) is 0. The zero-order valence-corrected chi connectivity index (χ0v) is 11.5. The van der Waals surface area contributed by atoms with Crippen molar-refractivity contribution in [3.8, 4) is 0 Å². The summed E-state index contributed by atoms with van der Waals surface area (Å²) in [6.07, 6.45) is 1.35. The highest BCUT2D eigenvalue weighted by molar-refractivity contribution is 5.96. The Morgan fingerprint density at radius 1 is 1.21 bits per heavy atom. The Labute approximate surface area is 113 Å². The van der Waals surface area contributed by atoms with Crippen molar-refractivity contribution in [2.24, 2.45) is 11.7 Å². The van der Waals surface area contributed by atoms with E-state index in [9.17, 15) is 9.59 Å². The minimum absolute atomic E-state index is 0.0594. The summed E-state index contributed by atoms with van der Waals surface area (Å²) in [6, 6.07) is 5.78. The van der Waals surface area contributed by atoms with E-state index in [-0.39, 0.29) is 17.7 Å². The summed E-state index contributed by atoms with van der Waals surface area (Å²) in [4.78, 5) is 25.4. The van der Waals surface area contributed by atoms with E-state index >= 15 is 0 Å². The van der Waals surface area contributed by atoms with E-state index < -0.39 is 0 Å². The molecule has 0 aromatic heterocycles. The first-order valence-corrected chi connectivity index (χ1v) is 6.65. The number of nitrogens with two attached hydrogens (primary N) is 1. The van der Waals surface area contributed by atoms with Gasteiger partial charge in [-0.3, -0.25) is 9.59 Å². The van der Waals surface area contributed by atoms with Crippen molar-refractivity contribution in [1.29, 1.82) is 0 Å². The van der Waals surface area contributed by atoms with Crippen LogP contribution in [0.2, 0.25) is 0 Å². The maximum atomic E-state index is 12.5. The average molecular weight is 260 g/mol. The third-order valence-corrected chi connectivity index (χ3v) is 4.02. The Morgan fingerprint density at radius 2 is 1.84 bits per heavy atom. The molecule has 4 nitrogen and oxygen atoms in total. The van der Waals surface area contributed by atoms with Crippen LogP contribution < -0.4 is 5.73 Å². The zero-order chi connectivity index (χ0) is 14.0. The molecule has 4 heteroatoms. The van der Waals surface area contributed by atoms with Crippen LogP contribution in [0.25, 0.3) is 0 Å². The molecule has 2 amide bonds. The zero-order valence-electron chi connectivity index (χ0n) is 11.5. The van der Waals surface area contributed by atoms with E-state index in [1.165, 1.54) is 0 Å². The lowest BCUT2D eigenvalue weighted by atomic mass is 9.95. The number of likely N-dealkylation sites (tertiary alicyclic amines) is 1. The molecule has 102 valence electrons. The normalized spacial score (nSPS) is 16.4.